The topological polar surface area (TPSA) is 271 Å². The van der Waals surface area contributed by atoms with Gasteiger partial charge >= 0.3 is 11.9 Å². The van der Waals surface area contributed by atoms with E-state index in [1.807, 2.05) is 27.7 Å². The molecule has 5 N–H and O–H groups in total. The van der Waals surface area contributed by atoms with Crippen LogP contribution in [0.1, 0.15) is 113 Å². The number of nitrogens with one attached hydrogen (secondary N) is 3. The average molecular weight is 1030 g/mol. The molecule has 21 nitrogen and oxygen atoms in total. The van der Waals surface area contributed by atoms with Crippen molar-refractivity contribution in [2.45, 2.75) is 174 Å². The van der Waals surface area contributed by atoms with Crippen molar-refractivity contribution in [1.82, 2.24) is 35.6 Å². The smallest absolute Gasteiger partial charge is 0.329 e. The molecule has 10 atom stereocenters. The number of rotatable bonds is 14. The Balaban J connectivity index is 1.81. The van der Waals surface area contributed by atoms with Crippen molar-refractivity contribution >= 4 is 53.3 Å². The summed E-state index contributed by atoms with van der Waals surface area (Å²) in [5.41, 5.74) is 0.597. The van der Waals surface area contributed by atoms with Crippen LogP contribution in [0.4, 0.5) is 0 Å². The molecule has 73 heavy (non-hydrogen) atoms. The molecule has 0 saturated carbocycles. The first-order valence-corrected chi connectivity index (χ1v) is 25.7. The number of benzene rings is 1. The molecule has 3 heterocycles. The van der Waals surface area contributed by atoms with Crippen LogP contribution in [0.15, 0.2) is 24.3 Å². The first-order chi connectivity index (χ1) is 34.3. The van der Waals surface area contributed by atoms with Gasteiger partial charge in [0.2, 0.25) is 29.5 Å². The van der Waals surface area contributed by atoms with Crippen LogP contribution < -0.4 is 20.7 Å². The number of methoxy groups -OCH3 is 1. The van der Waals surface area contributed by atoms with Gasteiger partial charge < -0.3 is 60.0 Å². The van der Waals surface area contributed by atoms with Gasteiger partial charge in [0.15, 0.2) is 6.10 Å². The number of amides is 7. The number of likely N-dealkylation sites (tertiary alicyclic amines) is 1. The molecule has 0 radical (unpaired) electrons. The Morgan fingerprint density at radius 2 is 1.51 bits per heavy atom. The molecule has 0 bridgehead atoms. The summed E-state index contributed by atoms with van der Waals surface area (Å²) in [5.74, 6) is -7.66. The summed E-state index contributed by atoms with van der Waals surface area (Å²) in [5, 5.41) is 29.8. The molecule has 408 valence electrons. The number of carbonyl (C=O) groups excluding carboxylic acids is 9. The second-order valence-electron chi connectivity index (χ2n) is 21.3. The molecule has 0 aromatic heterocycles. The molecule has 1 aromatic rings. The molecular weight excluding hydrogens is 947 g/mol. The summed E-state index contributed by atoms with van der Waals surface area (Å²) in [6.45, 7) is 14.9. The summed E-state index contributed by atoms with van der Waals surface area (Å²) in [6.07, 6.45) is -3.40. The van der Waals surface area contributed by atoms with E-state index < -0.39 is 139 Å². The summed E-state index contributed by atoms with van der Waals surface area (Å²) in [4.78, 5) is 133. The number of aliphatic hydroxyl groups is 2. The Kier molecular flexibility index (Phi) is 22.0. The van der Waals surface area contributed by atoms with E-state index >= 15 is 0 Å². The third-order valence-electron chi connectivity index (χ3n) is 13.8. The standard InChI is InChI=1S/C52H81N7O14/c1-28(2)23-35-49(67)59-22-14-16-38(59)51(69)57(11)40(25-33-17-19-34(71-12)20-18-33)52(70)72-27-36(45(63)55-43(30(5)6)41(61)26-42(62)73-44(31(7)8)47(65)53-35)54-46(64)39(24-29(3)4)56(10)50(68)37-15-13-21-58(37)48(66)32(9)60/h17-20,28-32,35-41,43-44,60-61H,13-16,21-27H2,1-12H3,(H,53,65)(H,54,64)(H,55,63)/t32-,35-,36-,37?,38-,39+,40-,41-,43+,44-/m0/s1. The lowest BCUT2D eigenvalue weighted by Crippen LogP contribution is -2.60. The van der Waals surface area contributed by atoms with Gasteiger partial charge in [-0.05, 0) is 86.8 Å². The number of hydrogen-bond donors (Lipinski definition) is 5. The lowest BCUT2D eigenvalue weighted by Gasteiger charge is -2.35. The van der Waals surface area contributed by atoms with Gasteiger partial charge in [-0.2, -0.15) is 0 Å². The molecule has 0 spiro atoms. The minimum Gasteiger partial charge on any atom is -0.497 e. The van der Waals surface area contributed by atoms with E-state index in [2.05, 4.69) is 16.0 Å². The lowest BCUT2D eigenvalue weighted by atomic mass is 9.95. The van der Waals surface area contributed by atoms with E-state index in [1.54, 1.807) is 52.0 Å². The zero-order chi connectivity index (χ0) is 54.6. The maximum Gasteiger partial charge on any atom is 0.329 e. The molecule has 0 aliphatic carbocycles. The Morgan fingerprint density at radius 3 is 2.08 bits per heavy atom. The highest BCUT2D eigenvalue weighted by Crippen LogP contribution is 2.26. The van der Waals surface area contributed by atoms with E-state index in [1.165, 1.54) is 47.7 Å². The molecule has 7 amide bonds. The minimum absolute atomic E-state index is 0.0909. The molecule has 3 fully saturated rings. The Labute approximate surface area is 429 Å². The van der Waals surface area contributed by atoms with Gasteiger partial charge in [0.05, 0.1) is 25.7 Å². The van der Waals surface area contributed by atoms with Crippen LogP contribution in [0.5, 0.6) is 5.75 Å². The number of fused-ring (bicyclic) bond motifs is 1. The fourth-order valence-electron chi connectivity index (χ4n) is 9.65. The highest BCUT2D eigenvalue weighted by atomic mass is 16.6. The number of hydrogen-bond acceptors (Lipinski definition) is 14. The van der Waals surface area contributed by atoms with Crippen molar-refractivity contribution in [2.24, 2.45) is 23.7 Å². The van der Waals surface area contributed by atoms with Gasteiger partial charge in [0, 0.05) is 33.6 Å². The van der Waals surface area contributed by atoms with Crippen LogP contribution >= 0.6 is 0 Å². The molecule has 3 saturated heterocycles. The van der Waals surface area contributed by atoms with Crippen molar-refractivity contribution in [1.29, 1.82) is 0 Å². The number of likely N-dealkylation sites (N-methyl/N-ethyl adjacent to an activating group) is 2. The maximum absolute atomic E-state index is 14.7. The summed E-state index contributed by atoms with van der Waals surface area (Å²) >= 11 is 0. The Hall–Kier alpha value is -5.83. The predicted octanol–water partition coefficient (Wildman–Crippen LogP) is 1.33. The number of nitrogens with zero attached hydrogens (tertiary/aromatic N) is 4. The Morgan fingerprint density at radius 1 is 0.863 bits per heavy atom. The Bertz CT molecular complexity index is 2120. The lowest BCUT2D eigenvalue weighted by molar-refractivity contribution is -0.161. The zero-order valence-corrected chi connectivity index (χ0v) is 44.8. The fourth-order valence-corrected chi connectivity index (χ4v) is 9.65. The first kappa shape index (κ1) is 59.7. The van der Waals surface area contributed by atoms with Crippen LogP contribution in [-0.4, -0.2) is 185 Å². The maximum atomic E-state index is 14.7. The van der Waals surface area contributed by atoms with Gasteiger partial charge in [0.25, 0.3) is 11.8 Å². The second-order valence-corrected chi connectivity index (χ2v) is 21.3. The SMILES string of the molecule is COc1ccc(C[C@H]2C(=O)OC[C@H](NC(=O)[C@@H](CC(C)C)N(C)C(=O)C3CCCN3C(=O)[C@H](C)O)C(=O)N[C@H](C(C)C)[C@@H](O)CC(=O)O[C@@H](C(C)C)C(=O)N[C@@H](CC(C)C)C(=O)N3CCC[C@H]3C(=O)N2C)cc1. The van der Waals surface area contributed by atoms with Gasteiger partial charge in [-0.1, -0.05) is 67.5 Å². The molecule has 3 aliphatic heterocycles. The van der Waals surface area contributed by atoms with Crippen molar-refractivity contribution in [3.05, 3.63) is 29.8 Å². The quantitative estimate of drug-likeness (QED) is 0.165. The van der Waals surface area contributed by atoms with Crippen molar-refractivity contribution in [3.8, 4) is 5.75 Å². The summed E-state index contributed by atoms with van der Waals surface area (Å²) < 4.78 is 16.9. The number of esters is 2. The predicted molar refractivity (Wildman–Crippen MR) is 267 cm³/mol. The third kappa shape index (κ3) is 15.8. The number of cyclic esters (lactones) is 2. The normalized spacial score (nSPS) is 26.2. The van der Waals surface area contributed by atoms with Gasteiger partial charge in [-0.3, -0.25) is 38.4 Å². The van der Waals surface area contributed by atoms with Crippen molar-refractivity contribution < 1.29 is 67.6 Å². The second kappa shape index (κ2) is 26.9. The minimum atomic E-state index is -1.69. The van der Waals surface area contributed by atoms with Crippen LogP contribution in [0.3, 0.4) is 0 Å². The van der Waals surface area contributed by atoms with E-state index in [-0.39, 0.29) is 50.6 Å². The van der Waals surface area contributed by atoms with Gasteiger partial charge in [0.1, 0.15) is 54.7 Å². The average Bonchev–Trinajstić information content (AvgIpc) is 4.03. The van der Waals surface area contributed by atoms with E-state index in [0.717, 1.165) is 0 Å². The van der Waals surface area contributed by atoms with Crippen molar-refractivity contribution in [3.63, 3.8) is 0 Å². The van der Waals surface area contributed by atoms with E-state index in [9.17, 15) is 53.4 Å². The summed E-state index contributed by atoms with van der Waals surface area (Å²) in [7, 11) is 4.32. The highest BCUT2D eigenvalue weighted by molar-refractivity contribution is 5.96. The number of ether oxygens (including phenoxy) is 3. The van der Waals surface area contributed by atoms with Crippen molar-refractivity contribution in [2.75, 3.05) is 40.9 Å². The highest BCUT2D eigenvalue weighted by Gasteiger charge is 2.44. The van der Waals surface area contributed by atoms with Gasteiger partial charge in [-0.15, -0.1) is 0 Å². The van der Waals surface area contributed by atoms with Crippen LogP contribution in [-0.2, 0) is 59.0 Å². The summed E-state index contributed by atoms with van der Waals surface area (Å²) in [6, 6.07) is -1.80. The molecular formula is C52H81N7O14. The monoisotopic (exact) mass is 1030 g/mol. The number of carbonyl (C=O) groups is 9. The van der Waals surface area contributed by atoms with Crippen LogP contribution in [0, 0.1) is 23.7 Å². The van der Waals surface area contributed by atoms with Crippen LogP contribution in [0.2, 0.25) is 0 Å². The molecule has 1 unspecified atom stereocenters. The molecule has 4 rings (SSSR count). The first-order valence-electron chi connectivity index (χ1n) is 25.7. The fraction of sp³-hybridized carbons (Fsp3) is 0.712. The van der Waals surface area contributed by atoms with Gasteiger partial charge in [-0.25, -0.2) is 4.79 Å². The molecule has 3 aliphatic rings. The molecule has 1 aromatic carbocycles. The van der Waals surface area contributed by atoms with E-state index in [0.29, 0.717) is 30.6 Å². The number of aliphatic hydroxyl groups excluding tert-OH is 2. The van der Waals surface area contributed by atoms with Crippen LogP contribution in [0.25, 0.3) is 0 Å². The largest absolute Gasteiger partial charge is 0.497 e. The zero-order valence-electron chi connectivity index (χ0n) is 44.8. The van der Waals surface area contributed by atoms with E-state index in [4.69, 9.17) is 14.2 Å². The molecule has 21 heteroatoms. The third-order valence-corrected chi connectivity index (χ3v) is 13.8.